The monoisotopic (exact) mass is 387 g/mol. The van der Waals surface area contributed by atoms with Crippen LogP contribution in [0.2, 0.25) is 0 Å². The second-order valence-corrected chi connectivity index (χ2v) is 5.88. The van der Waals surface area contributed by atoms with Crippen LogP contribution in [0.1, 0.15) is 12.0 Å². The summed E-state index contributed by atoms with van der Waals surface area (Å²) in [6, 6.07) is 4.05. The summed E-state index contributed by atoms with van der Waals surface area (Å²) in [5.74, 6) is -2.04. The average molecular weight is 387 g/mol. The number of carbonyl (C=O) groups excluding carboxylic acids is 1. The molecule has 2 heterocycles. The fourth-order valence-corrected chi connectivity index (χ4v) is 2.63. The molecule has 2 aromatic rings. The molecule has 144 valence electrons. The number of benzene rings is 1. The van der Waals surface area contributed by atoms with E-state index in [2.05, 4.69) is 10.3 Å². The average Bonchev–Trinajstić information content (AvgIpc) is 3.06. The molecule has 2 amide bonds. The van der Waals surface area contributed by atoms with Crippen molar-refractivity contribution in [3.05, 3.63) is 53.7 Å². The summed E-state index contributed by atoms with van der Waals surface area (Å²) in [5, 5.41) is 2.15. The van der Waals surface area contributed by atoms with Crippen LogP contribution in [0.25, 0.3) is 0 Å². The summed E-state index contributed by atoms with van der Waals surface area (Å²) in [4.78, 5) is 17.2. The van der Waals surface area contributed by atoms with Gasteiger partial charge in [0.2, 0.25) is 5.88 Å². The highest BCUT2D eigenvalue weighted by atomic mass is 19.4. The van der Waals surface area contributed by atoms with Crippen molar-refractivity contribution in [2.45, 2.75) is 18.7 Å². The Labute approximate surface area is 150 Å². The largest absolute Gasteiger partial charge is 0.472 e. The fourth-order valence-electron chi connectivity index (χ4n) is 2.63. The van der Waals surface area contributed by atoms with Gasteiger partial charge in [0.05, 0.1) is 12.1 Å². The van der Waals surface area contributed by atoms with Gasteiger partial charge in [-0.05, 0) is 18.2 Å². The summed E-state index contributed by atoms with van der Waals surface area (Å²) in [6.07, 6.45) is -3.78. The first kappa shape index (κ1) is 18.9. The molecule has 1 aliphatic rings. The van der Waals surface area contributed by atoms with Crippen molar-refractivity contribution in [1.82, 2.24) is 9.88 Å². The van der Waals surface area contributed by atoms with E-state index in [9.17, 15) is 26.7 Å². The SMILES string of the molecule is O=C(Nc1c(F)cccc1F)N1CC[C@@H](Oc2cc(C(F)(F)F)ccn2)C1. The zero-order valence-electron chi connectivity index (χ0n) is 13.8. The van der Waals surface area contributed by atoms with E-state index >= 15 is 0 Å². The Morgan fingerprint density at radius 2 is 1.93 bits per heavy atom. The maximum absolute atomic E-state index is 13.6. The minimum atomic E-state index is -4.52. The number of halogens is 5. The number of ether oxygens (including phenoxy) is 1. The maximum atomic E-state index is 13.6. The van der Waals surface area contributed by atoms with Gasteiger partial charge in [-0.25, -0.2) is 18.6 Å². The van der Waals surface area contributed by atoms with Crippen LogP contribution < -0.4 is 10.1 Å². The molecule has 1 atom stereocenters. The first-order valence-corrected chi connectivity index (χ1v) is 7.94. The molecule has 1 aromatic carbocycles. The molecule has 1 aliphatic heterocycles. The number of nitrogens with zero attached hydrogens (tertiary/aromatic N) is 2. The molecule has 3 rings (SSSR count). The van der Waals surface area contributed by atoms with E-state index < -0.39 is 41.2 Å². The third kappa shape index (κ3) is 4.44. The van der Waals surface area contributed by atoms with Gasteiger partial charge in [0, 0.05) is 25.2 Å². The van der Waals surface area contributed by atoms with Crippen molar-refractivity contribution in [1.29, 1.82) is 0 Å². The Balaban J connectivity index is 1.61. The van der Waals surface area contributed by atoms with E-state index in [0.717, 1.165) is 30.5 Å². The van der Waals surface area contributed by atoms with Crippen molar-refractivity contribution in [3.8, 4) is 5.88 Å². The van der Waals surface area contributed by atoms with Crippen LogP contribution in [0.15, 0.2) is 36.5 Å². The molecule has 0 spiro atoms. The van der Waals surface area contributed by atoms with E-state index in [1.54, 1.807) is 0 Å². The molecular weight excluding hydrogens is 373 g/mol. The highest BCUT2D eigenvalue weighted by molar-refractivity contribution is 5.89. The van der Waals surface area contributed by atoms with Gasteiger partial charge in [-0.15, -0.1) is 0 Å². The van der Waals surface area contributed by atoms with Crippen LogP contribution in [0.5, 0.6) is 5.88 Å². The Bertz CT molecular complexity index is 823. The molecule has 0 radical (unpaired) electrons. The van der Waals surface area contributed by atoms with E-state index in [1.807, 2.05) is 0 Å². The predicted molar refractivity (Wildman–Crippen MR) is 85.2 cm³/mol. The molecule has 1 fully saturated rings. The molecule has 10 heteroatoms. The first-order valence-electron chi connectivity index (χ1n) is 7.94. The number of likely N-dealkylation sites (tertiary alicyclic amines) is 1. The van der Waals surface area contributed by atoms with Crippen LogP contribution in [0, 0.1) is 11.6 Å². The highest BCUT2D eigenvalue weighted by Gasteiger charge is 2.32. The van der Waals surface area contributed by atoms with E-state index in [1.165, 1.54) is 11.0 Å². The highest BCUT2D eigenvalue weighted by Crippen LogP contribution is 2.31. The molecule has 0 saturated carbocycles. The summed E-state index contributed by atoms with van der Waals surface area (Å²) >= 11 is 0. The number of anilines is 1. The van der Waals surface area contributed by atoms with Crippen molar-refractivity contribution in [3.63, 3.8) is 0 Å². The second-order valence-electron chi connectivity index (χ2n) is 5.88. The minimum absolute atomic E-state index is 0.0415. The van der Waals surface area contributed by atoms with Crippen molar-refractivity contribution >= 4 is 11.7 Å². The van der Waals surface area contributed by atoms with Crippen molar-refractivity contribution in [2.24, 2.45) is 0 Å². The molecule has 1 aromatic heterocycles. The normalized spacial score (nSPS) is 17.1. The Morgan fingerprint density at radius 3 is 2.59 bits per heavy atom. The molecule has 1 N–H and O–H groups in total. The summed E-state index contributed by atoms with van der Waals surface area (Å²) in [7, 11) is 0. The number of alkyl halides is 3. The van der Waals surface area contributed by atoms with Crippen molar-refractivity contribution < 1.29 is 31.5 Å². The number of aromatic nitrogens is 1. The number of rotatable bonds is 3. The third-order valence-electron chi connectivity index (χ3n) is 3.98. The quantitative estimate of drug-likeness (QED) is 0.808. The van der Waals surface area contributed by atoms with Crippen LogP contribution >= 0.6 is 0 Å². The van der Waals surface area contributed by atoms with Crippen LogP contribution in [0.4, 0.5) is 32.4 Å². The predicted octanol–water partition coefficient (Wildman–Crippen LogP) is 4.06. The Kier molecular flexibility index (Phi) is 5.15. The van der Waals surface area contributed by atoms with Gasteiger partial charge in [0.1, 0.15) is 23.4 Å². The number of pyridine rings is 1. The van der Waals surface area contributed by atoms with Gasteiger partial charge in [0.25, 0.3) is 0 Å². The molecule has 27 heavy (non-hydrogen) atoms. The molecule has 0 bridgehead atoms. The number of urea groups is 1. The number of nitrogens with one attached hydrogen (secondary N) is 1. The summed E-state index contributed by atoms with van der Waals surface area (Å²) in [5.41, 5.74) is -1.46. The van der Waals surface area contributed by atoms with Gasteiger partial charge >= 0.3 is 12.2 Å². The van der Waals surface area contributed by atoms with Gasteiger partial charge in [0.15, 0.2) is 0 Å². The number of para-hydroxylation sites is 1. The number of hydrogen-bond acceptors (Lipinski definition) is 3. The molecule has 0 unspecified atom stereocenters. The standard InChI is InChI=1S/C17H14F5N3O2/c18-12-2-1-3-13(19)15(12)24-16(26)25-7-5-11(9-25)27-14-8-10(4-6-23-14)17(20,21)22/h1-4,6,8,11H,5,7,9H2,(H,24,26)/t11-/m1/s1. The zero-order chi connectivity index (χ0) is 19.6. The van der Waals surface area contributed by atoms with Crippen LogP contribution in [-0.2, 0) is 6.18 Å². The third-order valence-corrected chi connectivity index (χ3v) is 3.98. The minimum Gasteiger partial charge on any atom is -0.472 e. The molecule has 1 saturated heterocycles. The van der Waals surface area contributed by atoms with E-state index in [4.69, 9.17) is 4.74 Å². The lowest BCUT2D eigenvalue weighted by Crippen LogP contribution is -2.35. The summed E-state index contributed by atoms with van der Waals surface area (Å²) in [6.45, 7) is 0.255. The number of carbonyl (C=O) groups is 1. The summed E-state index contributed by atoms with van der Waals surface area (Å²) < 4.78 is 70.8. The van der Waals surface area contributed by atoms with E-state index in [-0.39, 0.29) is 19.0 Å². The Hall–Kier alpha value is -2.91. The zero-order valence-corrected chi connectivity index (χ0v) is 13.8. The molecular formula is C17H14F5N3O2. The van der Waals surface area contributed by atoms with Gasteiger partial charge < -0.3 is 15.0 Å². The number of amides is 2. The lowest BCUT2D eigenvalue weighted by Gasteiger charge is -2.18. The first-order chi connectivity index (χ1) is 12.7. The molecule has 0 aliphatic carbocycles. The topological polar surface area (TPSA) is 54.5 Å². The number of hydrogen-bond donors (Lipinski definition) is 1. The smallest absolute Gasteiger partial charge is 0.416 e. The molecule has 5 nitrogen and oxygen atoms in total. The van der Waals surface area contributed by atoms with Crippen LogP contribution in [-0.4, -0.2) is 35.1 Å². The van der Waals surface area contributed by atoms with Gasteiger partial charge in [-0.2, -0.15) is 13.2 Å². The van der Waals surface area contributed by atoms with Crippen molar-refractivity contribution in [2.75, 3.05) is 18.4 Å². The lowest BCUT2D eigenvalue weighted by molar-refractivity contribution is -0.137. The van der Waals surface area contributed by atoms with Crippen LogP contribution in [0.3, 0.4) is 0 Å². The lowest BCUT2D eigenvalue weighted by atomic mass is 10.2. The van der Waals surface area contributed by atoms with Gasteiger partial charge in [-0.3, -0.25) is 0 Å². The Morgan fingerprint density at radius 1 is 1.22 bits per heavy atom. The second kappa shape index (κ2) is 7.37. The van der Waals surface area contributed by atoms with Gasteiger partial charge in [-0.1, -0.05) is 6.07 Å². The maximum Gasteiger partial charge on any atom is 0.416 e. The van der Waals surface area contributed by atoms with E-state index in [0.29, 0.717) is 6.42 Å². The fraction of sp³-hybridized carbons (Fsp3) is 0.294.